The van der Waals surface area contributed by atoms with Gasteiger partial charge in [-0.2, -0.15) is 0 Å². The van der Waals surface area contributed by atoms with E-state index < -0.39 is 0 Å². The molecule has 90 valence electrons. The normalized spacial score (nSPS) is 10.4. The lowest BCUT2D eigenvalue weighted by Crippen LogP contribution is -2.13. The average molecular weight is 305 g/mol. The number of halogens is 1. The van der Waals surface area contributed by atoms with Gasteiger partial charge >= 0.3 is 0 Å². The van der Waals surface area contributed by atoms with Gasteiger partial charge in [0.2, 0.25) is 5.91 Å². The molecular formula is C10H9ClN2OS3. The van der Waals surface area contributed by atoms with Crippen LogP contribution in [0.2, 0.25) is 4.34 Å². The van der Waals surface area contributed by atoms with Crippen LogP contribution in [0, 0.1) is 0 Å². The molecule has 0 aliphatic heterocycles. The van der Waals surface area contributed by atoms with Crippen molar-refractivity contribution >= 4 is 57.1 Å². The van der Waals surface area contributed by atoms with E-state index in [-0.39, 0.29) is 5.91 Å². The second kappa shape index (κ2) is 6.39. The summed E-state index contributed by atoms with van der Waals surface area (Å²) in [5, 5.41) is 5.22. The number of hydrogen-bond donors (Lipinski definition) is 1. The smallest absolute Gasteiger partial charge is 0.236 e. The summed E-state index contributed by atoms with van der Waals surface area (Å²) in [7, 11) is 0. The van der Waals surface area contributed by atoms with Crippen molar-refractivity contribution in [3.63, 3.8) is 0 Å². The minimum atomic E-state index is -0.0207. The molecule has 7 heteroatoms. The molecule has 0 aliphatic carbocycles. The van der Waals surface area contributed by atoms with E-state index in [1.165, 1.54) is 16.2 Å². The lowest BCUT2D eigenvalue weighted by Gasteiger charge is -2.00. The number of hydrogen-bond acceptors (Lipinski definition) is 5. The van der Waals surface area contributed by atoms with E-state index in [1.54, 1.807) is 29.3 Å². The zero-order valence-corrected chi connectivity index (χ0v) is 11.9. The summed E-state index contributed by atoms with van der Waals surface area (Å²) >= 11 is 10.4. The molecule has 0 aromatic carbocycles. The SMILES string of the molecule is O=C(CSCc1ccc(Cl)s1)Nc1nccs1. The number of rotatable bonds is 5. The predicted molar refractivity (Wildman–Crippen MR) is 76.2 cm³/mol. The molecule has 0 aliphatic rings. The van der Waals surface area contributed by atoms with Gasteiger partial charge in [0, 0.05) is 22.2 Å². The Labute approximate surface area is 116 Å². The number of amides is 1. The molecule has 17 heavy (non-hydrogen) atoms. The third-order valence-corrected chi connectivity index (χ3v) is 4.87. The molecule has 0 saturated heterocycles. The molecule has 2 heterocycles. The summed E-state index contributed by atoms with van der Waals surface area (Å²) in [4.78, 5) is 16.7. The molecule has 2 aromatic rings. The Balaban J connectivity index is 1.70. The number of thiazole rings is 1. The van der Waals surface area contributed by atoms with E-state index in [0.717, 1.165) is 10.1 Å². The second-order valence-electron chi connectivity index (χ2n) is 3.08. The van der Waals surface area contributed by atoms with Crippen molar-refractivity contribution < 1.29 is 4.79 Å². The Kier molecular flexibility index (Phi) is 4.85. The number of thiophene rings is 1. The van der Waals surface area contributed by atoms with Crippen LogP contribution in [0.1, 0.15) is 4.88 Å². The summed E-state index contributed by atoms with van der Waals surface area (Å²) in [5.41, 5.74) is 0. The zero-order valence-electron chi connectivity index (χ0n) is 8.68. The van der Waals surface area contributed by atoms with Crippen LogP contribution in [0.3, 0.4) is 0 Å². The van der Waals surface area contributed by atoms with Crippen LogP contribution in [0.25, 0.3) is 0 Å². The highest BCUT2D eigenvalue weighted by molar-refractivity contribution is 7.99. The number of nitrogens with one attached hydrogen (secondary N) is 1. The van der Waals surface area contributed by atoms with Crippen LogP contribution in [-0.2, 0) is 10.5 Å². The molecular weight excluding hydrogens is 296 g/mol. The van der Waals surface area contributed by atoms with Gasteiger partial charge in [0.25, 0.3) is 0 Å². The van der Waals surface area contributed by atoms with Crippen LogP contribution in [0.15, 0.2) is 23.7 Å². The van der Waals surface area contributed by atoms with Crippen LogP contribution < -0.4 is 5.32 Å². The topological polar surface area (TPSA) is 42.0 Å². The molecule has 0 bridgehead atoms. The van der Waals surface area contributed by atoms with Gasteiger partial charge < -0.3 is 5.32 Å². The number of anilines is 1. The molecule has 0 radical (unpaired) electrons. The summed E-state index contributed by atoms with van der Waals surface area (Å²) in [6, 6.07) is 3.86. The van der Waals surface area contributed by atoms with E-state index >= 15 is 0 Å². The van der Waals surface area contributed by atoms with E-state index in [0.29, 0.717) is 10.9 Å². The van der Waals surface area contributed by atoms with Gasteiger partial charge in [0.15, 0.2) is 5.13 Å². The van der Waals surface area contributed by atoms with Gasteiger partial charge in [-0.15, -0.1) is 34.4 Å². The third-order valence-electron chi connectivity index (χ3n) is 1.79. The molecule has 2 aromatic heterocycles. The van der Waals surface area contributed by atoms with Crippen molar-refractivity contribution in [1.29, 1.82) is 0 Å². The van der Waals surface area contributed by atoms with Gasteiger partial charge in [0.1, 0.15) is 0 Å². The molecule has 2 rings (SSSR count). The summed E-state index contributed by atoms with van der Waals surface area (Å²) in [5.74, 6) is 1.21. The highest BCUT2D eigenvalue weighted by Crippen LogP contribution is 2.25. The standard InChI is InChI=1S/C10H9ClN2OS3/c11-8-2-1-7(17-8)5-15-6-9(14)13-10-12-3-4-16-10/h1-4H,5-6H2,(H,12,13,14). The fourth-order valence-electron chi connectivity index (χ4n) is 1.11. The van der Waals surface area contributed by atoms with Crippen molar-refractivity contribution in [3.8, 4) is 0 Å². The Morgan fingerprint density at radius 3 is 3.06 bits per heavy atom. The first-order valence-corrected chi connectivity index (χ1v) is 7.98. The summed E-state index contributed by atoms with van der Waals surface area (Å²) < 4.78 is 0.785. The van der Waals surface area contributed by atoms with E-state index in [9.17, 15) is 4.79 Å². The molecule has 1 amide bonds. The fraction of sp³-hybridized carbons (Fsp3) is 0.200. The van der Waals surface area contributed by atoms with Crippen LogP contribution in [0.4, 0.5) is 5.13 Å². The largest absolute Gasteiger partial charge is 0.301 e. The van der Waals surface area contributed by atoms with Gasteiger partial charge in [-0.3, -0.25) is 4.79 Å². The van der Waals surface area contributed by atoms with E-state index in [4.69, 9.17) is 11.6 Å². The average Bonchev–Trinajstić information content (AvgIpc) is 2.90. The lowest BCUT2D eigenvalue weighted by atomic mass is 10.5. The van der Waals surface area contributed by atoms with Crippen molar-refractivity contribution in [3.05, 3.63) is 32.9 Å². The minimum Gasteiger partial charge on any atom is -0.301 e. The van der Waals surface area contributed by atoms with Gasteiger partial charge in [-0.1, -0.05) is 11.6 Å². The Morgan fingerprint density at radius 1 is 1.53 bits per heavy atom. The van der Waals surface area contributed by atoms with Crippen molar-refractivity contribution in [1.82, 2.24) is 4.98 Å². The Bertz CT molecular complexity index is 483. The Hall–Kier alpha value is -0.560. The van der Waals surface area contributed by atoms with Gasteiger partial charge in [-0.05, 0) is 12.1 Å². The summed E-state index contributed by atoms with van der Waals surface area (Å²) in [6.07, 6.45) is 1.67. The predicted octanol–water partition coefficient (Wildman–Crippen LogP) is 3.73. The van der Waals surface area contributed by atoms with Crippen molar-refractivity contribution in [2.24, 2.45) is 0 Å². The van der Waals surface area contributed by atoms with Crippen LogP contribution >= 0.6 is 46.0 Å². The third kappa shape index (κ3) is 4.31. The zero-order chi connectivity index (χ0) is 12.1. The van der Waals surface area contributed by atoms with Crippen molar-refractivity contribution in [2.45, 2.75) is 5.75 Å². The number of thioether (sulfide) groups is 1. The highest BCUT2D eigenvalue weighted by Gasteiger charge is 2.05. The first-order chi connectivity index (χ1) is 8.24. The van der Waals surface area contributed by atoms with E-state index in [2.05, 4.69) is 10.3 Å². The molecule has 0 fully saturated rings. The number of aromatic nitrogens is 1. The Morgan fingerprint density at radius 2 is 2.41 bits per heavy atom. The number of carbonyl (C=O) groups excluding carboxylic acids is 1. The highest BCUT2D eigenvalue weighted by atomic mass is 35.5. The molecule has 0 unspecified atom stereocenters. The molecule has 3 nitrogen and oxygen atoms in total. The van der Waals surface area contributed by atoms with Crippen molar-refractivity contribution in [2.75, 3.05) is 11.1 Å². The minimum absolute atomic E-state index is 0.0207. The quantitative estimate of drug-likeness (QED) is 0.915. The maximum Gasteiger partial charge on any atom is 0.236 e. The molecule has 0 saturated carbocycles. The molecule has 0 atom stereocenters. The lowest BCUT2D eigenvalue weighted by molar-refractivity contribution is -0.113. The first-order valence-electron chi connectivity index (χ1n) is 4.75. The van der Waals surface area contributed by atoms with Gasteiger partial charge in [-0.25, -0.2) is 4.98 Å². The monoisotopic (exact) mass is 304 g/mol. The van der Waals surface area contributed by atoms with Gasteiger partial charge in [0.05, 0.1) is 10.1 Å². The number of carbonyl (C=O) groups is 1. The van der Waals surface area contributed by atoms with Crippen LogP contribution in [0.5, 0.6) is 0 Å². The van der Waals surface area contributed by atoms with Crippen LogP contribution in [-0.4, -0.2) is 16.6 Å². The first kappa shape index (κ1) is 12.9. The maximum absolute atomic E-state index is 11.5. The number of nitrogens with zero attached hydrogens (tertiary/aromatic N) is 1. The van der Waals surface area contributed by atoms with E-state index in [1.807, 2.05) is 17.5 Å². The molecule has 0 spiro atoms. The maximum atomic E-state index is 11.5. The summed E-state index contributed by atoms with van der Waals surface area (Å²) in [6.45, 7) is 0. The fourth-order valence-corrected chi connectivity index (χ4v) is 3.68. The molecule has 1 N–H and O–H groups in total. The second-order valence-corrected chi connectivity index (χ2v) is 6.76.